The van der Waals surface area contributed by atoms with Crippen LogP contribution in [0.1, 0.15) is 12.8 Å². The SMILES string of the molecule is NC1CCN(c2c(F)cc(F)cc2Cl)CC1. The average molecular weight is 247 g/mol. The van der Waals surface area contributed by atoms with Crippen molar-refractivity contribution in [2.24, 2.45) is 5.73 Å². The first kappa shape index (κ1) is 11.6. The second-order valence-corrected chi connectivity index (χ2v) is 4.45. The van der Waals surface area contributed by atoms with Gasteiger partial charge in [0.1, 0.15) is 5.82 Å². The van der Waals surface area contributed by atoms with E-state index in [0.717, 1.165) is 25.0 Å². The summed E-state index contributed by atoms with van der Waals surface area (Å²) < 4.78 is 26.5. The fourth-order valence-corrected chi connectivity index (χ4v) is 2.27. The minimum Gasteiger partial charge on any atom is -0.368 e. The number of nitrogens with zero attached hydrogens (tertiary/aromatic N) is 1. The third kappa shape index (κ3) is 2.28. The predicted octanol–water partition coefficient (Wildman–Crippen LogP) is 2.55. The summed E-state index contributed by atoms with van der Waals surface area (Å²) in [7, 11) is 0. The van der Waals surface area contributed by atoms with E-state index in [4.69, 9.17) is 17.3 Å². The molecule has 1 aliphatic rings. The van der Waals surface area contributed by atoms with Crippen LogP contribution in [0.5, 0.6) is 0 Å². The van der Waals surface area contributed by atoms with Gasteiger partial charge >= 0.3 is 0 Å². The van der Waals surface area contributed by atoms with Gasteiger partial charge in [-0.05, 0) is 18.9 Å². The molecule has 0 saturated carbocycles. The maximum Gasteiger partial charge on any atom is 0.150 e. The second kappa shape index (κ2) is 4.55. The molecule has 0 unspecified atom stereocenters. The third-order valence-electron chi connectivity index (χ3n) is 2.84. The topological polar surface area (TPSA) is 29.3 Å². The summed E-state index contributed by atoms with van der Waals surface area (Å²) in [4.78, 5) is 1.82. The van der Waals surface area contributed by atoms with Crippen LogP contribution in [0.4, 0.5) is 14.5 Å². The first-order valence-electron chi connectivity index (χ1n) is 5.23. The number of piperidine rings is 1. The van der Waals surface area contributed by atoms with Crippen molar-refractivity contribution in [3.8, 4) is 0 Å². The Bertz CT molecular complexity index is 367. The van der Waals surface area contributed by atoms with E-state index < -0.39 is 11.6 Å². The number of anilines is 1. The van der Waals surface area contributed by atoms with Crippen molar-refractivity contribution in [1.82, 2.24) is 0 Å². The monoisotopic (exact) mass is 246 g/mol. The molecule has 1 saturated heterocycles. The Labute approximate surface area is 98.0 Å². The minimum atomic E-state index is -0.653. The summed E-state index contributed by atoms with van der Waals surface area (Å²) in [5, 5.41) is 0.118. The Hall–Kier alpha value is -0.870. The highest BCUT2D eigenvalue weighted by Crippen LogP contribution is 2.31. The van der Waals surface area contributed by atoms with Gasteiger partial charge in [-0.1, -0.05) is 11.6 Å². The van der Waals surface area contributed by atoms with Crippen LogP contribution in [0.25, 0.3) is 0 Å². The molecule has 1 aromatic rings. The number of rotatable bonds is 1. The fraction of sp³-hybridized carbons (Fsp3) is 0.455. The highest BCUT2D eigenvalue weighted by Gasteiger charge is 2.21. The lowest BCUT2D eigenvalue weighted by atomic mass is 10.1. The van der Waals surface area contributed by atoms with Crippen LogP contribution in [0.2, 0.25) is 5.02 Å². The fourth-order valence-electron chi connectivity index (χ4n) is 1.96. The van der Waals surface area contributed by atoms with Crippen LogP contribution in [0, 0.1) is 11.6 Å². The Morgan fingerprint density at radius 2 is 1.88 bits per heavy atom. The van der Waals surface area contributed by atoms with E-state index in [2.05, 4.69) is 0 Å². The van der Waals surface area contributed by atoms with Crippen molar-refractivity contribution >= 4 is 17.3 Å². The van der Waals surface area contributed by atoms with Gasteiger partial charge in [-0.3, -0.25) is 0 Å². The molecular formula is C11H13ClF2N2. The lowest BCUT2D eigenvalue weighted by Gasteiger charge is -2.32. The molecule has 2 rings (SSSR count). The number of halogens is 3. The van der Waals surface area contributed by atoms with Gasteiger partial charge in [-0.2, -0.15) is 0 Å². The van der Waals surface area contributed by atoms with Gasteiger partial charge in [0.25, 0.3) is 0 Å². The lowest BCUT2D eigenvalue weighted by molar-refractivity contribution is 0.492. The molecule has 0 aliphatic carbocycles. The molecule has 2 N–H and O–H groups in total. The molecule has 1 aliphatic heterocycles. The molecule has 2 nitrogen and oxygen atoms in total. The van der Waals surface area contributed by atoms with Crippen molar-refractivity contribution < 1.29 is 8.78 Å². The largest absolute Gasteiger partial charge is 0.368 e. The molecule has 0 aromatic heterocycles. The van der Waals surface area contributed by atoms with Crippen LogP contribution in [0.15, 0.2) is 12.1 Å². The molecule has 0 amide bonds. The third-order valence-corrected chi connectivity index (χ3v) is 3.13. The molecule has 1 aromatic carbocycles. The quantitative estimate of drug-likeness (QED) is 0.825. The molecule has 16 heavy (non-hydrogen) atoms. The summed E-state index contributed by atoms with van der Waals surface area (Å²) in [6.45, 7) is 1.31. The molecule has 88 valence electrons. The van der Waals surface area contributed by atoms with Crippen LogP contribution in [0.3, 0.4) is 0 Å². The lowest BCUT2D eigenvalue weighted by Crippen LogP contribution is -2.40. The zero-order valence-corrected chi connectivity index (χ0v) is 9.47. The summed E-state index contributed by atoms with van der Waals surface area (Å²) in [5.41, 5.74) is 6.05. The van der Waals surface area contributed by atoms with Crippen LogP contribution in [-0.4, -0.2) is 19.1 Å². The Kier molecular flexibility index (Phi) is 3.30. The maximum absolute atomic E-state index is 13.6. The summed E-state index contributed by atoms with van der Waals surface area (Å²) >= 11 is 5.85. The number of hydrogen-bond acceptors (Lipinski definition) is 2. The van der Waals surface area contributed by atoms with Gasteiger partial charge in [0, 0.05) is 25.2 Å². The first-order chi connectivity index (χ1) is 7.58. The van der Waals surface area contributed by atoms with E-state index in [1.807, 2.05) is 4.90 Å². The van der Waals surface area contributed by atoms with Gasteiger partial charge in [-0.25, -0.2) is 8.78 Å². The smallest absolute Gasteiger partial charge is 0.150 e. The Morgan fingerprint density at radius 3 is 2.44 bits per heavy atom. The zero-order chi connectivity index (χ0) is 11.7. The standard InChI is InChI=1S/C11H13ClF2N2/c12-9-5-7(13)6-10(14)11(9)16-3-1-8(15)2-4-16/h5-6,8H,1-4,15H2. The van der Waals surface area contributed by atoms with Crippen molar-refractivity contribution in [3.63, 3.8) is 0 Å². The van der Waals surface area contributed by atoms with Crippen molar-refractivity contribution in [2.45, 2.75) is 18.9 Å². The van der Waals surface area contributed by atoms with Crippen molar-refractivity contribution in [3.05, 3.63) is 28.8 Å². The van der Waals surface area contributed by atoms with Crippen molar-refractivity contribution in [2.75, 3.05) is 18.0 Å². The maximum atomic E-state index is 13.6. The summed E-state index contributed by atoms with van der Waals surface area (Å²) in [6, 6.07) is 2.16. The van der Waals surface area contributed by atoms with Gasteiger partial charge in [0.15, 0.2) is 5.82 Å². The predicted molar refractivity (Wildman–Crippen MR) is 60.8 cm³/mol. The van der Waals surface area contributed by atoms with Crippen LogP contribution < -0.4 is 10.6 Å². The second-order valence-electron chi connectivity index (χ2n) is 4.04. The molecule has 0 radical (unpaired) electrons. The van der Waals surface area contributed by atoms with Gasteiger partial charge < -0.3 is 10.6 Å². The van der Waals surface area contributed by atoms with Crippen molar-refractivity contribution in [1.29, 1.82) is 0 Å². The molecular weight excluding hydrogens is 234 g/mol. The molecule has 0 bridgehead atoms. The number of nitrogens with two attached hydrogens (primary N) is 1. The molecule has 0 atom stereocenters. The normalized spacial score (nSPS) is 17.9. The van der Waals surface area contributed by atoms with Gasteiger partial charge in [0.05, 0.1) is 10.7 Å². The highest BCUT2D eigenvalue weighted by atomic mass is 35.5. The molecule has 0 spiro atoms. The Morgan fingerprint density at radius 1 is 1.25 bits per heavy atom. The van der Waals surface area contributed by atoms with E-state index in [-0.39, 0.29) is 16.8 Å². The zero-order valence-electron chi connectivity index (χ0n) is 8.72. The van der Waals surface area contributed by atoms with E-state index in [1.54, 1.807) is 0 Å². The number of hydrogen-bond donors (Lipinski definition) is 1. The number of benzene rings is 1. The van der Waals surface area contributed by atoms with Gasteiger partial charge in [-0.15, -0.1) is 0 Å². The summed E-state index contributed by atoms with van der Waals surface area (Å²) in [5.74, 6) is -1.26. The molecule has 1 heterocycles. The molecule has 5 heteroatoms. The molecule has 1 fully saturated rings. The highest BCUT2D eigenvalue weighted by molar-refractivity contribution is 6.33. The Balaban J connectivity index is 2.26. The van der Waals surface area contributed by atoms with E-state index >= 15 is 0 Å². The average Bonchev–Trinajstić information content (AvgIpc) is 2.19. The minimum absolute atomic E-state index is 0.118. The first-order valence-corrected chi connectivity index (χ1v) is 5.61. The van der Waals surface area contributed by atoms with E-state index in [1.165, 1.54) is 0 Å². The van der Waals surface area contributed by atoms with Crippen LogP contribution >= 0.6 is 11.6 Å². The van der Waals surface area contributed by atoms with E-state index in [0.29, 0.717) is 13.1 Å². The summed E-state index contributed by atoms with van der Waals surface area (Å²) in [6.07, 6.45) is 1.60. The van der Waals surface area contributed by atoms with Gasteiger partial charge in [0.2, 0.25) is 0 Å². The van der Waals surface area contributed by atoms with E-state index in [9.17, 15) is 8.78 Å². The van der Waals surface area contributed by atoms with Crippen LogP contribution in [-0.2, 0) is 0 Å².